The molecule has 0 aliphatic carbocycles. The summed E-state index contributed by atoms with van der Waals surface area (Å²) in [5, 5.41) is 11.1. The lowest BCUT2D eigenvalue weighted by Crippen LogP contribution is -2.40. The maximum Gasteiger partial charge on any atom is 0.285 e. The molecule has 0 unspecified atom stereocenters. The number of likely N-dealkylation sites (tertiary alicyclic amines) is 1. The van der Waals surface area contributed by atoms with Gasteiger partial charge in [-0.15, -0.1) is 0 Å². The summed E-state index contributed by atoms with van der Waals surface area (Å²) < 4.78 is 13.5. The molecular weight excluding hydrogens is 277 g/mol. The lowest BCUT2D eigenvalue weighted by atomic mass is 9.96. The number of carbonyl (C=O) groups excluding carboxylic acids is 1. The number of nitrogens with zero attached hydrogens (tertiary/aromatic N) is 2. The van der Waals surface area contributed by atoms with Crippen LogP contribution >= 0.6 is 0 Å². The highest BCUT2D eigenvalue weighted by molar-refractivity contribution is 5.98. The van der Waals surface area contributed by atoms with Crippen molar-refractivity contribution in [2.75, 3.05) is 19.6 Å². The predicted molar refractivity (Wildman–Crippen MR) is 75.5 cm³/mol. The van der Waals surface area contributed by atoms with Crippen LogP contribution < -0.4 is 5.73 Å². The van der Waals surface area contributed by atoms with Crippen LogP contribution in [0.25, 0.3) is 0 Å². The van der Waals surface area contributed by atoms with Crippen molar-refractivity contribution in [3.8, 4) is 0 Å². The standard InChI is InChI=1S/C14H18FN3O3/c1-9-6-11(15)7-12(13(9)18(20)21)14(19)17-4-2-10(8-16)3-5-17/h6-7,10H,2-5,8,16H2,1H3. The largest absolute Gasteiger partial charge is 0.338 e. The number of nitro benzene ring substituents is 1. The van der Waals surface area contributed by atoms with Crippen LogP contribution in [0, 0.1) is 28.8 Å². The van der Waals surface area contributed by atoms with Crippen LogP contribution in [0.5, 0.6) is 0 Å². The minimum Gasteiger partial charge on any atom is -0.338 e. The van der Waals surface area contributed by atoms with Crippen LogP contribution in [-0.2, 0) is 0 Å². The van der Waals surface area contributed by atoms with Gasteiger partial charge in [-0.1, -0.05) is 0 Å². The van der Waals surface area contributed by atoms with E-state index in [9.17, 15) is 19.3 Å². The average molecular weight is 295 g/mol. The zero-order chi connectivity index (χ0) is 15.6. The summed E-state index contributed by atoms with van der Waals surface area (Å²) in [5.74, 6) is -0.753. The number of aryl methyl sites for hydroxylation is 1. The first-order chi connectivity index (χ1) is 9.93. The number of hydrogen-bond donors (Lipinski definition) is 1. The van der Waals surface area contributed by atoms with E-state index >= 15 is 0 Å². The molecule has 1 amide bonds. The fraction of sp³-hybridized carbons (Fsp3) is 0.500. The Morgan fingerprint density at radius 2 is 2.10 bits per heavy atom. The van der Waals surface area contributed by atoms with E-state index < -0.39 is 16.6 Å². The molecule has 0 atom stereocenters. The molecule has 0 saturated carbocycles. The molecule has 7 heteroatoms. The Bertz CT molecular complexity index is 569. The highest BCUT2D eigenvalue weighted by atomic mass is 19.1. The second-order valence-corrected chi connectivity index (χ2v) is 5.35. The Kier molecular flexibility index (Phi) is 4.52. The SMILES string of the molecule is Cc1cc(F)cc(C(=O)N2CCC(CN)CC2)c1[N+](=O)[O-]. The van der Waals surface area contributed by atoms with Gasteiger partial charge in [0.25, 0.3) is 11.6 Å². The fourth-order valence-corrected chi connectivity index (χ4v) is 2.68. The molecule has 2 N–H and O–H groups in total. The summed E-state index contributed by atoms with van der Waals surface area (Å²) in [5.41, 5.74) is 5.26. The average Bonchev–Trinajstić information content (AvgIpc) is 2.45. The summed E-state index contributed by atoms with van der Waals surface area (Å²) in [6.45, 7) is 2.99. The monoisotopic (exact) mass is 295 g/mol. The zero-order valence-electron chi connectivity index (χ0n) is 11.8. The van der Waals surface area contributed by atoms with E-state index in [1.807, 2.05) is 0 Å². The summed E-state index contributed by atoms with van der Waals surface area (Å²) in [4.78, 5) is 24.5. The molecule has 1 fully saturated rings. The molecule has 0 aromatic heterocycles. The van der Waals surface area contributed by atoms with Gasteiger partial charge in [0.05, 0.1) is 4.92 Å². The molecule has 1 saturated heterocycles. The van der Waals surface area contributed by atoms with Gasteiger partial charge in [0, 0.05) is 18.7 Å². The molecule has 2 rings (SSSR count). The van der Waals surface area contributed by atoms with Crippen LogP contribution in [0.1, 0.15) is 28.8 Å². The van der Waals surface area contributed by atoms with Crippen LogP contribution in [0.2, 0.25) is 0 Å². The minimum atomic E-state index is -0.640. The van der Waals surface area contributed by atoms with Crippen LogP contribution in [0.15, 0.2) is 12.1 Å². The van der Waals surface area contributed by atoms with Crippen molar-refractivity contribution in [2.45, 2.75) is 19.8 Å². The molecule has 1 aromatic carbocycles. The van der Waals surface area contributed by atoms with Crippen LogP contribution in [0.3, 0.4) is 0 Å². The lowest BCUT2D eigenvalue weighted by molar-refractivity contribution is -0.385. The number of amides is 1. The van der Waals surface area contributed by atoms with Gasteiger partial charge in [0.2, 0.25) is 0 Å². The Balaban J connectivity index is 2.29. The number of hydrogen-bond acceptors (Lipinski definition) is 4. The van der Waals surface area contributed by atoms with Crippen molar-refractivity contribution < 1.29 is 14.1 Å². The van der Waals surface area contributed by atoms with Crippen molar-refractivity contribution in [1.82, 2.24) is 4.90 Å². The first-order valence-corrected chi connectivity index (χ1v) is 6.88. The number of rotatable bonds is 3. The zero-order valence-corrected chi connectivity index (χ0v) is 11.8. The first kappa shape index (κ1) is 15.4. The first-order valence-electron chi connectivity index (χ1n) is 6.88. The second-order valence-electron chi connectivity index (χ2n) is 5.35. The van der Waals surface area contributed by atoms with Crippen molar-refractivity contribution in [3.63, 3.8) is 0 Å². The van der Waals surface area contributed by atoms with Gasteiger partial charge in [-0.2, -0.15) is 0 Å². The summed E-state index contributed by atoms with van der Waals surface area (Å²) in [6, 6.07) is 2.01. The summed E-state index contributed by atoms with van der Waals surface area (Å²) in [7, 11) is 0. The highest BCUT2D eigenvalue weighted by Crippen LogP contribution is 2.27. The molecule has 1 aromatic rings. The quantitative estimate of drug-likeness (QED) is 0.680. The Labute approximate surface area is 121 Å². The number of carbonyl (C=O) groups is 1. The lowest BCUT2D eigenvalue weighted by Gasteiger charge is -2.31. The third-order valence-electron chi connectivity index (χ3n) is 3.91. The normalized spacial score (nSPS) is 16.0. The van der Waals surface area contributed by atoms with E-state index in [4.69, 9.17) is 5.73 Å². The highest BCUT2D eigenvalue weighted by Gasteiger charge is 2.29. The molecule has 6 nitrogen and oxygen atoms in total. The van der Waals surface area contributed by atoms with Crippen molar-refractivity contribution in [1.29, 1.82) is 0 Å². The molecule has 0 radical (unpaired) electrons. The molecule has 0 spiro atoms. The number of nitro groups is 1. The van der Waals surface area contributed by atoms with Crippen molar-refractivity contribution in [2.24, 2.45) is 11.7 Å². The van der Waals surface area contributed by atoms with Crippen molar-refractivity contribution in [3.05, 3.63) is 39.2 Å². The molecular formula is C14H18FN3O3. The molecule has 1 aliphatic heterocycles. The van der Waals surface area contributed by atoms with E-state index in [2.05, 4.69) is 0 Å². The summed E-state index contributed by atoms with van der Waals surface area (Å²) >= 11 is 0. The minimum absolute atomic E-state index is 0.153. The fourth-order valence-electron chi connectivity index (χ4n) is 2.68. The Hall–Kier alpha value is -2.02. The maximum atomic E-state index is 13.5. The number of nitrogens with two attached hydrogens (primary N) is 1. The van der Waals surface area contributed by atoms with Gasteiger partial charge in [0.15, 0.2) is 0 Å². The summed E-state index contributed by atoms with van der Waals surface area (Å²) in [6.07, 6.45) is 1.54. The van der Waals surface area contributed by atoms with Crippen LogP contribution in [0.4, 0.5) is 10.1 Å². The van der Waals surface area contributed by atoms with Crippen LogP contribution in [-0.4, -0.2) is 35.4 Å². The maximum absolute atomic E-state index is 13.5. The smallest absolute Gasteiger partial charge is 0.285 e. The van der Waals surface area contributed by atoms with Gasteiger partial charge in [-0.25, -0.2) is 4.39 Å². The third-order valence-corrected chi connectivity index (χ3v) is 3.91. The van der Waals surface area contributed by atoms with Gasteiger partial charge >= 0.3 is 0 Å². The molecule has 114 valence electrons. The molecule has 1 aliphatic rings. The van der Waals surface area contributed by atoms with E-state index in [1.165, 1.54) is 11.8 Å². The molecule has 1 heterocycles. The van der Waals surface area contributed by atoms with E-state index in [-0.39, 0.29) is 16.8 Å². The third kappa shape index (κ3) is 3.18. The van der Waals surface area contributed by atoms with E-state index in [0.717, 1.165) is 25.0 Å². The molecule has 21 heavy (non-hydrogen) atoms. The Morgan fingerprint density at radius 3 is 2.62 bits per heavy atom. The predicted octanol–water partition coefficient (Wildman–Crippen LogP) is 1.85. The van der Waals surface area contributed by atoms with E-state index in [1.54, 1.807) is 0 Å². The van der Waals surface area contributed by atoms with Gasteiger partial charge < -0.3 is 10.6 Å². The second kappa shape index (κ2) is 6.17. The Morgan fingerprint density at radius 1 is 1.48 bits per heavy atom. The van der Waals surface area contributed by atoms with Gasteiger partial charge in [-0.05, 0) is 44.4 Å². The number of piperidine rings is 1. The molecule has 0 bridgehead atoms. The number of halogens is 1. The van der Waals surface area contributed by atoms with Gasteiger partial charge in [-0.3, -0.25) is 14.9 Å². The topological polar surface area (TPSA) is 89.5 Å². The van der Waals surface area contributed by atoms with E-state index in [0.29, 0.717) is 25.6 Å². The number of benzene rings is 1. The van der Waals surface area contributed by atoms with Gasteiger partial charge in [0.1, 0.15) is 11.4 Å². The van der Waals surface area contributed by atoms with Crippen molar-refractivity contribution >= 4 is 11.6 Å².